The molecule has 0 heteroatoms. The fraction of sp³-hybridized carbons (Fsp3) is 0.833. The van der Waals surface area contributed by atoms with Crippen molar-refractivity contribution in [1.82, 2.24) is 0 Å². The first-order valence-corrected chi connectivity index (χ1v) is 4.94. The van der Waals surface area contributed by atoms with Crippen LogP contribution in [0.3, 0.4) is 0 Å². The molecule has 0 atom stereocenters. The van der Waals surface area contributed by atoms with E-state index in [0.717, 1.165) is 6.42 Å². The maximum absolute atomic E-state index is 3.48. The Morgan fingerprint density at radius 3 is 1.08 bits per heavy atom. The molecular formula is C12H28. The minimum atomic E-state index is 0.500. The van der Waals surface area contributed by atoms with Gasteiger partial charge in [-0.3, -0.25) is 0 Å². The maximum atomic E-state index is 3.48. The molecule has 0 saturated heterocycles. The summed E-state index contributed by atoms with van der Waals surface area (Å²) in [7, 11) is 0. The lowest BCUT2D eigenvalue weighted by atomic mass is 10.0. The second-order valence-electron chi connectivity index (χ2n) is 4.40. The van der Waals surface area contributed by atoms with Crippen LogP contribution in [0.5, 0.6) is 0 Å². The Hall–Kier alpha value is -0.260. The van der Waals surface area contributed by atoms with Crippen molar-refractivity contribution in [1.29, 1.82) is 0 Å². The Labute approximate surface area is 80.1 Å². The topological polar surface area (TPSA) is 0 Å². The van der Waals surface area contributed by atoms with Crippen LogP contribution >= 0.6 is 0 Å². The minimum Gasteiger partial charge on any atom is -0.103 e. The van der Waals surface area contributed by atoms with Crippen LogP contribution in [0.25, 0.3) is 0 Å². The summed E-state index contributed by atoms with van der Waals surface area (Å²) in [5, 5.41) is 0. The second-order valence-corrected chi connectivity index (χ2v) is 4.40. The summed E-state index contributed by atoms with van der Waals surface area (Å²) in [5.74, 6) is 0. The van der Waals surface area contributed by atoms with Gasteiger partial charge >= 0.3 is 0 Å². The Morgan fingerprint density at radius 2 is 1.08 bits per heavy atom. The van der Waals surface area contributed by atoms with Gasteiger partial charge in [0.1, 0.15) is 0 Å². The molecule has 0 unspecified atom stereocenters. The first-order chi connectivity index (χ1) is 5.33. The lowest BCUT2D eigenvalue weighted by molar-refractivity contribution is 0.469. The summed E-state index contributed by atoms with van der Waals surface area (Å²) in [6.07, 6.45) is 4.21. The zero-order chi connectivity index (χ0) is 10.6. The van der Waals surface area contributed by atoms with Crippen molar-refractivity contribution < 1.29 is 0 Å². The molecule has 0 aromatic rings. The molecule has 0 aromatic heterocycles. The molecule has 12 heavy (non-hydrogen) atoms. The van der Waals surface area contributed by atoms with E-state index in [0.29, 0.717) is 5.41 Å². The molecular weight excluding hydrogens is 144 g/mol. The molecule has 0 amide bonds. The Bertz CT molecular complexity index is 58.6. The molecule has 0 aliphatic carbocycles. The SMILES string of the molecule is C=CCC.CC(C)(C)C.CCC. The number of hydrogen-bond donors (Lipinski definition) is 0. The normalized spacial score (nSPS) is 8.58. The van der Waals surface area contributed by atoms with Gasteiger partial charge in [0.2, 0.25) is 0 Å². The molecule has 0 spiro atoms. The van der Waals surface area contributed by atoms with Crippen LogP contribution in [-0.2, 0) is 0 Å². The minimum absolute atomic E-state index is 0.500. The molecule has 76 valence electrons. The largest absolute Gasteiger partial charge is 0.103 e. The van der Waals surface area contributed by atoms with Gasteiger partial charge in [-0.25, -0.2) is 0 Å². The molecule has 0 aromatic carbocycles. The van der Waals surface area contributed by atoms with E-state index in [1.54, 1.807) is 0 Å². The second kappa shape index (κ2) is 13.3. The van der Waals surface area contributed by atoms with E-state index in [9.17, 15) is 0 Å². The third-order valence-corrected chi connectivity index (χ3v) is 0.289. The van der Waals surface area contributed by atoms with Gasteiger partial charge in [0, 0.05) is 0 Å². The van der Waals surface area contributed by atoms with Crippen molar-refractivity contribution in [2.24, 2.45) is 5.41 Å². The van der Waals surface area contributed by atoms with Crippen LogP contribution in [0, 0.1) is 5.41 Å². The van der Waals surface area contributed by atoms with Crippen LogP contribution in [0.15, 0.2) is 12.7 Å². The third kappa shape index (κ3) is 1360. The van der Waals surface area contributed by atoms with Gasteiger partial charge < -0.3 is 0 Å². The smallest absolute Gasteiger partial charge is 0.0382 e. The van der Waals surface area contributed by atoms with E-state index in [2.05, 4.69) is 55.0 Å². The highest BCUT2D eigenvalue weighted by Gasteiger charge is 1.95. The molecule has 0 aliphatic heterocycles. The lowest BCUT2D eigenvalue weighted by Crippen LogP contribution is -1.93. The molecule has 0 aliphatic rings. The highest BCUT2D eigenvalue weighted by Crippen LogP contribution is 2.07. The van der Waals surface area contributed by atoms with Crippen molar-refractivity contribution in [3.63, 3.8) is 0 Å². The maximum Gasteiger partial charge on any atom is -0.0382 e. The third-order valence-electron chi connectivity index (χ3n) is 0.289. The molecule has 0 heterocycles. The van der Waals surface area contributed by atoms with Crippen molar-refractivity contribution in [3.8, 4) is 0 Å². The average Bonchev–Trinajstić information content (AvgIpc) is 1.85. The van der Waals surface area contributed by atoms with Crippen LogP contribution in [0.1, 0.15) is 61.3 Å². The summed E-state index contributed by atoms with van der Waals surface area (Å²) in [5.41, 5.74) is 0.500. The van der Waals surface area contributed by atoms with Crippen molar-refractivity contribution in [3.05, 3.63) is 12.7 Å². The van der Waals surface area contributed by atoms with Gasteiger partial charge in [0.15, 0.2) is 0 Å². The van der Waals surface area contributed by atoms with Crippen molar-refractivity contribution >= 4 is 0 Å². The summed E-state index contributed by atoms with van der Waals surface area (Å²) < 4.78 is 0. The Morgan fingerprint density at radius 1 is 1.00 bits per heavy atom. The number of hydrogen-bond acceptors (Lipinski definition) is 0. The molecule has 0 N–H and O–H groups in total. The lowest BCUT2D eigenvalue weighted by Gasteiger charge is -2.05. The van der Waals surface area contributed by atoms with Crippen molar-refractivity contribution in [2.75, 3.05) is 0 Å². The fourth-order valence-corrected chi connectivity index (χ4v) is 0. The van der Waals surface area contributed by atoms with Crippen LogP contribution < -0.4 is 0 Å². The van der Waals surface area contributed by atoms with Gasteiger partial charge in [-0.15, -0.1) is 6.58 Å². The average molecular weight is 172 g/mol. The zero-order valence-electron chi connectivity index (χ0n) is 10.2. The molecule has 0 nitrogen and oxygen atoms in total. The van der Waals surface area contributed by atoms with Crippen LogP contribution in [-0.4, -0.2) is 0 Å². The van der Waals surface area contributed by atoms with Gasteiger partial charge in [-0.2, -0.15) is 0 Å². The van der Waals surface area contributed by atoms with Gasteiger partial charge in [-0.05, 0) is 11.8 Å². The quantitative estimate of drug-likeness (QED) is 0.485. The number of rotatable bonds is 1. The molecule has 0 rings (SSSR count). The van der Waals surface area contributed by atoms with Crippen molar-refractivity contribution in [2.45, 2.75) is 61.3 Å². The summed E-state index contributed by atoms with van der Waals surface area (Å²) in [4.78, 5) is 0. The highest BCUT2D eigenvalue weighted by atomic mass is 14.0. The van der Waals surface area contributed by atoms with E-state index >= 15 is 0 Å². The summed E-state index contributed by atoms with van der Waals surface area (Å²) in [6.45, 7) is 18.5. The predicted octanol–water partition coefficient (Wildman–Crippen LogP) is 5.05. The number of allylic oxidation sites excluding steroid dienone is 1. The molecule has 0 bridgehead atoms. The highest BCUT2D eigenvalue weighted by molar-refractivity contribution is 4.60. The summed E-state index contributed by atoms with van der Waals surface area (Å²) >= 11 is 0. The van der Waals surface area contributed by atoms with E-state index in [4.69, 9.17) is 0 Å². The fourth-order valence-electron chi connectivity index (χ4n) is 0. The van der Waals surface area contributed by atoms with E-state index in [1.165, 1.54) is 6.42 Å². The monoisotopic (exact) mass is 172 g/mol. The first-order valence-electron chi connectivity index (χ1n) is 4.94. The molecule has 0 radical (unpaired) electrons. The Kier molecular flexibility index (Phi) is 19.7. The van der Waals surface area contributed by atoms with E-state index in [-0.39, 0.29) is 0 Å². The van der Waals surface area contributed by atoms with Crippen LogP contribution in [0.4, 0.5) is 0 Å². The predicted molar refractivity (Wildman–Crippen MR) is 61.6 cm³/mol. The first kappa shape index (κ1) is 17.7. The molecule has 0 fully saturated rings. The standard InChI is InChI=1S/C5H12.C4H8.C3H8/c1-5(2,3)4;1-3-4-2;1-3-2/h1-4H3;3H,1,4H2,2H3;3H2,1-2H3. The molecule has 0 saturated carbocycles. The van der Waals surface area contributed by atoms with Gasteiger partial charge in [0.25, 0.3) is 0 Å². The van der Waals surface area contributed by atoms with Gasteiger partial charge in [-0.1, -0.05) is 61.0 Å². The van der Waals surface area contributed by atoms with Crippen LogP contribution in [0.2, 0.25) is 0 Å². The Balaban J connectivity index is -0.000000105. The van der Waals surface area contributed by atoms with E-state index in [1.807, 2.05) is 6.08 Å². The summed E-state index contributed by atoms with van der Waals surface area (Å²) in [6, 6.07) is 0. The van der Waals surface area contributed by atoms with Gasteiger partial charge in [0.05, 0.1) is 0 Å². The zero-order valence-corrected chi connectivity index (χ0v) is 10.2. The van der Waals surface area contributed by atoms with E-state index < -0.39 is 0 Å².